The highest BCUT2D eigenvalue weighted by Gasteiger charge is 2.40. The predicted molar refractivity (Wildman–Crippen MR) is 181 cm³/mol. The standard InChI is InChI=1S/C36H45N5O7/c1-22(2)33(40-16-15-38-36(40)45)34(44)27(19-25-11-7-5-8-12-25)20-29(42)32(31(37)26-13-9-6-10-14-26)39-30(43)21-48-35-23(3)17-28(41(46)47)18-24(35)4/h5-14,17-18,22,27,29,31-33,42H,15-16,19-21,37H2,1-4H3,(H,38,45)(H,39,43)/t27-,29-,31?,32+,33?/m0/s1. The fourth-order valence-corrected chi connectivity index (χ4v) is 6.41. The number of aryl methyl sites for hydroxylation is 2. The summed E-state index contributed by atoms with van der Waals surface area (Å²) in [6, 6.07) is 18.4. The Bertz CT molecular complexity index is 1560. The van der Waals surface area contributed by atoms with Crippen LogP contribution in [0, 0.1) is 35.8 Å². The molecule has 0 aromatic heterocycles. The van der Waals surface area contributed by atoms with E-state index in [1.807, 2.05) is 50.2 Å². The number of urea groups is 1. The second-order valence-corrected chi connectivity index (χ2v) is 12.7. The molecule has 5 atom stereocenters. The predicted octanol–water partition coefficient (Wildman–Crippen LogP) is 4.00. The summed E-state index contributed by atoms with van der Waals surface area (Å²) in [6.45, 7) is 7.52. The van der Waals surface area contributed by atoms with E-state index < -0.39 is 47.6 Å². The maximum atomic E-state index is 14.3. The van der Waals surface area contributed by atoms with Gasteiger partial charge in [0.25, 0.3) is 11.6 Å². The first-order valence-electron chi connectivity index (χ1n) is 16.2. The summed E-state index contributed by atoms with van der Waals surface area (Å²) >= 11 is 0. The number of hydrogen-bond acceptors (Lipinski definition) is 8. The number of nitrogens with one attached hydrogen (secondary N) is 2. The molecule has 256 valence electrons. The second-order valence-electron chi connectivity index (χ2n) is 12.7. The number of carbonyl (C=O) groups is 3. The zero-order valence-corrected chi connectivity index (χ0v) is 27.8. The molecular formula is C36H45N5O7. The first kappa shape index (κ1) is 36.0. The minimum absolute atomic E-state index is 0.0285. The molecule has 1 aliphatic rings. The maximum Gasteiger partial charge on any atom is 0.318 e. The van der Waals surface area contributed by atoms with Gasteiger partial charge in [0.15, 0.2) is 12.4 Å². The third-order valence-electron chi connectivity index (χ3n) is 8.72. The number of carbonyl (C=O) groups excluding carboxylic acids is 3. The molecule has 3 aromatic carbocycles. The molecule has 5 N–H and O–H groups in total. The van der Waals surface area contributed by atoms with Crippen molar-refractivity contribution in [2.45, 2.75) is 64.8 Å². The Balaban J connectivity index is 1.59. The van der Waals surface area contributed by atoms with Crippen molar-refractivity contribution in [2.24, 2.45) is 17.6 Å². The molecule has 3 amide bonds. The average Bonchev–Trinajstić information content (AvgIpc) is 3.47. The van der Waals surface area contributed by atoms with Gasteiger partial charge in [-0.15, -0.1) is 0 Å². The highest BCUT2D eigenvalue weighted by Crippen LogP contribution is 2.29. The van der Waals surface area contributed by atoms with Crippen LogP contribution in [-0.4, -0.2) is 70.5 Å². The van der Waals surface area contributed by atoms with Gasteiger partial charge >= 0.3 is 6.03 Å². The van der Waals surface area contributed by atoms with Crippen LogP contribution in [0.5, 0.6) is 5.75 Å². The van der Waals surface area contributed by atoms with Gasteiger partial charge in [0.2, 0.25) is 0 Å². The highest BCUT2D eigenvalue weighted by molar-refractivity contribution is 5.91. The summed E-state index contributed by atoms with van der Waals surface area (Å²) in [5.41, 5.74) is 9.18. The summed E-state index contributed by atoms with van der Waals surface area (Å²) in [4.78, 5) is 52.6. The smallest absolute Gasteiger partial charge is 0.318 e. The second kappa shape index (κ2) is 16.3. The van der Waals surface area contributed by atoms with Crippen LogP contribution in [0.15, 0.2) is 72.8 Å². The van der Waals surface area contributed by atoms with E-state index in [0.29, 0.717) is 42.0 Å². The lowest BCUT2D eigenvalue weighted by Crippen LogP contribution is -2.53. The zero-order valence-electron chi connectivity index (χ0n) is 27.8. The Morgan fingerprint density at radius 2 is 1.67 bits per heavy atom. The number of amides is 3. The molecule has 12 heteroatoms. The van der Waals surface area contributed by atoms with E-state index in [0.717, 1.165) is 5.56 Å². The number of nitro benzene ring substituents is 1. The lowest BCUT2D eigenvalue weighted by molar-refractivity contribution is -0.385. The van der Waals surface area contributed by atoms with Crippen LogP contribution in [-0.2, 0) is 16.0 Å². The van der Waals surface area contributed by atoms with E-state index in [2.05, 4.69) is 10.6 Å². The molecule has 0 radical (unpaired) electrons. The first-order chi connectivity index (χ1) is 22.9. The first-order valence-corrected chi connectivity index (χ1v) is 16.2. The van der Waals surface area contributed by atoms with Crippen molar-refractivity contribution in [3.63, 3.8) is 0 Å². The van der Waals surface area contributed by atoms with Crippen LogP contribution >= 0.6 is 0 Å². The quantitative estimate of drug-likeness (QED) is 0.132. The monoisotopic (exact) mass is 659 g/mol. The van der Waals surface area contributed by atoms with E-state index in [-0.39, 0.29) is 29.8 Å². The molecule has 4 rings (SSSR count). The van der Waals surface area contributed by atoms with Gasteiger partial charge in [0, 0.05) is 31.1 Å². The van der Waals surface area contributed by atoms with Gasteiger partial charge < -0.3 is 31.1 Å². The lowest BCUT2D eigenvalue weighted by Gasteiger charge is -2.35. The number of hydrogen-bond donors (Lipinski definition) is 4. The molecule has 1 fully saturated rings. The molecular weight excluding hydrogens is 614 g/mol. The number of benzene rings is 3. The minimum atomic E-state index is -1.26. The van der Waals surface area contributed by atoms with Crippen molar-refractivity contribution in [1.29, 1.82) is 0 Å². The topological polar surface area (TPSA) is 177 Å². The van der Waals surface area contributed by atoms with Gasteiger partial charge in [-0.3, -0.25) is 19.7 Å². The SMILES string of the molecule is Cc1cc([N+](=O)[O-])cc(C)c1OCC(=O)N[C@@H](C(N)c1ccccc1)[C@@H](O)C[C@H](Cc1ccccc1)C(=O)C(C(C)C)N1CCNC1=O. The molecule has 48 heavy (non-hydrogen) atoms. The summed E-state index contributed by atoms with van der Waals surface area (Å²) in [7, 11) is 0. The van der Waals surface area contributed by atoms with Crippen molar-refractivity contribution < 1.29 is 29.2 Å². The van der Waals surface area contributed by atoms with E-state index >= 15 is 0 Å². The Kier molecular flexibility index (Phi) is 12.3. The number of nitrogens with two attached hydrogens (primary N) is 1. The van der Waals surface area contributed by atoms with Gasteiger partial charge in [-0.2, -0.15) is 0 Å². The third-order valence-corrected chi connectivity index (χ3v) is 8.72. The summed E-state index contributed by atoms with van der Waals surface area (Å²) in [5.74, 6) is -1.27. The lowest BCUT2D eigenvalue weighted by atomic mass is 9.81. The Hall–Kier alpha value is -4.81. The van der Waals surface area contributed by atoms with Crippen molar-refractivity contribution in [1.82, 2.24) is 15.5 Å². The molecule has 0 bridgehead atoms. The van der Waals surface area contributed by atoms with Crippen LogP contribution in [0.4, 0.5) is 10.5 Å². The summed E-state index contributed by atoms with van der Waals surface area (Å²) in [6.07, 6.45) is -0.970. The molecule has 1 heterocycles. The Labute approximate surface area is 280 Å². The molecule has 1 saturated heterocycles. The minimum Gasteiger partial charge on any atom is -0.483 e. The Morgan fingerprint density at radius 3 is 2.21 bits per heavy atom. The van der Waals surface area contributed by atoms with Gasteiger partial charge in [-0.25, -0.2) is 4.79 Å². The van der Waals surface area contributed by atoms with Crippen LogP contribution in [0.1, 0.15) is 48.6 Å². The van der Waals surface area contributed by atoms with Crippen LogP contribution in [0.25, 0.3) is 0 Å². The molecule has 3 aromatic rings. The van der Waals surface area contributed by atoms with Gasteiger partial charge in [-0.05, 0) is 54.9 Å². The van der Waals surface area contributed by atoms with Crippen molar-refractivity contribution in [3.05, 3.63) is 105 Å². The molecule has 12 nitrogen and oxygen atoms in total. The van der Waals surface area contributed by atoms with Gasteiger partial charge in [-0.1, -0.05) is 74.5 Å². The number of non-ortho nitro benzene ring substituents is 1. The number of aliphatic hydroxyl groups excluding tert-OH is 1. The van der Waals surface area contributed by atoms with E-state index in [1.165, 1.54) is 12.1 Å². The zero-order chi connectivity index (χ0) is 35.0. The molecule has 0 aliphatic carbocycles. The number of Topliss-reactive ketones (excluding diaryl/α,β-unsaturated/α-hetero) is 1. The number of ketones is 1. The number of nitrogens with zero attached hydrogens (tertiary/aromatic N) is 2. The number of aliphatic hydroxyl groups is 1. The van der Waals surface area contributed by atoms with Gasteiger partial charge in [0.1, 0.15) is 5.75 Å². The van der Waals surface area contributed by atoms with Crippen molar-refractivity contribution in [2.75, 3.05) is 19.7 Å². The van der Waals surface area contributed by atoms with E-state index in [4.69, 9.17) is 10.5 Å². The number of ether oxygens (including phenoxy) is 1. The summed E-state index contributed by atoms with van der Waals surface area (Å²) < 4.78 is 5.80. The average molecular weight is 660 g/mol. The van der Waals surface area contributed by atoms with Gasteiger partial charge in [0.05, 0.1) is 29.2 Å². The van der Waals surface area contributed by atoms with E-state index in [9.17, 15) is 29.6 Å². The number of nitro groups is 1. The van der Waals surface area contributed by atoms with Crippen LogP contribution in [0.3, 0.4) is 0 Å². The maximum absolute atomic E-state index is 14.3. The fraction of sp³-hybridized carbons (Fsp3) is 0.417. The highest BCUT2D eigenvalue weighted by atomic mass is 16.6. The number of rotatable bonds is 16. The molecule has 0 spiro atoms. The normalized spacial score (nSPS) is 16.1. The van der Waals surface area contributed by atoms with Crippen molar-refractivity contribution in [3.8, 4) is 5.75 Å². The van der Waals surface area contributed by atoms with Crippen LogP contribution in [0.2, 0.25) is 0 Å². The molecule has 0 saturated carbocycles. The fourth-order valence-electron chi connectivity index (χ4n) is 6.41. The van der Waals surface area contributed by atoms with Crippen LogP contribution < -0.4 is 21.1 Å². The van der Waals surface area contributed by atoms with E-state index in [1.54, 1.807) is 43.0 Å². The van der Waals surface area contributed by atoms with Crippen molar-refractivity contribution >= 4 is 23.4 Å². The molecule has 2 unspecified atom stereocenters. The Morgan fingerprint density at radius 1 is 1.06 bits per heavy atom. The summed E-state index contributed by atoms with van der Waals surface area (Å²) in [5, 5.41) is 28.7. The third kappa shape index (κ3) is 8.96. The molecule has 1 aliphatic heterocycles. The largest absolute Gasteiger partial charge is 0.483 e.